The molecule has 2 aromatic rings. The fraction of sp³-hybridized carbons (Fsp3) is 0.435. The van der Waals surface area contributed by atoms with Crippen molar-refractivity contribution in [3.63, 3.8) is 0 Å². The number of carbonyl (C=O) groups excluding carboxylic acids is 3. The van der Waals surface area contributed by atoms with Crippen LogP contribution in [0.15, 0.2) is 41.8 Å². The SMILES string of the molecule is CCN(C)C(=O)C1COC2(CCN(C(=O)c3cccs3)CC2)N1C(=O)c1ccc(F)cc1. The molecule has 1 spiro atoms. The summed E-state index contributed by atoms with van der Waals surface area (Å²) in [5.41, 5.74) is -0.683. The number of likely N-dealkylation sites (tertiary alicyclic amines) is 1. The number of halogens is 1. The van der Waals surface area contributed by atoms with Gasteiger partial charge in [0.2, 0.25) is 5.91 Å². The van der Waals surface area contributed by atoms with Crippen LogP contribution >= 0.6 is 11.3 Å². The molecule has 2 fully saturated rings. The van der Waals surface area contributed by atoms with Crippen molar-refractivity contribution in [1.82, 2.24) is 14.7 Å². The maximum absolute atomic E-state index is 13.5. The molecule has 1 unspecified atom stereocenters. The molecule has 32 heavy (non-hydrogen) atoms. The minimum Gasteiger partial charge on any atom is -0.353 e. The van der Waals surface area contributed by atoms with Gasteiger partial charge in [0.25, 0.3) is 11.8 Å². The number of carbonyl (C=O) groups is 3. The van der Waals surface area contributed by atoms with E-state index in [1.54, 1.807) is 22.9 Å². The average molecular weight is 460 g/mol. The lowest BCUT2D eigenvalue weighted by Gasteiger charge is -2.44. The number of piperidine rings is 1. The number of thiophene rings is 1. The van der Waals surface area contributed by atoms with E-state index < -0.39 is 17.6 Å². The summed E-state index contributed by atoms with van der Waals surface area (Å²) in [6, 6.07) is 8.17. The number of rotatable bonds is 4. The molecule has 0 bridgehead atoms. The summed E-state index contributed by atoms with van der Waals surface area (Å²) < 4.78 is 19.6. The number of amides is 3. The molecule has 2 aliphatic rings. The predicted molar refractivity (Wildman–Crippen MR) is 118 cm³/mol. The molecule has 2 saturated heterocycles. The van der Waals surface area contributed by atoms with Gasteiger partial charge in [0.15, 0.2) is 0 Å². The second-order valence-corrected chi connectivity index (χ2v) is 9.02. The lowest BCUT2D eigenvalue weighted by molar-refractivity contribution is -0.136. The van der Waals surface area contributed by atoms with Gasteiger partial charge in [-0.2, -0.15) is 0 Å². The van der Waals surface area contributed by atoms with Gasteiger partial charge in [-0.15, -0.1) is 11.3 Å². The Morgan fingerprint density at radius 1 is 1.16 bits per heavy atom. The molecule has 1 aromatic heterocycles. The number of hydrogen-bond acceptors (Lipinski definition) is 5. The molecular weight excluding hydrogens is 433 g/mol. The van der Waals surface area contributed by atoms with E-state index in [9.17, 15) is 18.8 Å². The van der Waals surface area contributed by atoms with E-state index in [1.807, 2.05) is 18.4 Å². The van der Waals surface area contributed by atoms with Crippen LogP contribution in [-0.2, 0) is 9.53 Å². The third-order valence-corrected chi connectivity index (χ3v) is 7.13. The third kappa shape index (κ3) is 4.02. The normalized spacial score (nSPS) is 19.9. The van der Waals surface area contributed by atoms with Crippen molar-refractivity contribution >= 4 is 29.1 Å². The maximum Gasteiger partial charge on any atom is 0.263 e. The van der Waals surface area contributed by atoms with E-state index in [1.165, 1.54) is 40.5 Å². The highest BCUT2D eigenvalue weighted by atomic mass is 32.1. The van der Waals surface area contributed by atoms with Crippen LogP contribution in [-0.4, -0.2) is 77.5 Å². The van der Waals surface area contributed by atoms with Gasteiger partial charge < -0.3 is 14.5 Å². The minimum atomic E-state index is -0.980. The van der Waals surface area contributed by atoms with Crippen molar-refractivity contribution < 1.29 is 23.5 Å². The molecule has 2 aliphatic heterocycles. The first-order valence-electron chi connectivity index (χ1n) is 10.7. The molecule has 0 radical (unpaired) electrons. The van der Waals surface area contributed by atoms with Crippen molar-refractivity contribution in [2.24, 2.45) is 0 Å². The first-order valence-corrected chi connectivity index (χ1v) is 11.6. The molecule has 0 aliphatic carbocycles. The van der Waals surface area contributed by atoms with E-state index in [0.717, 1.165) is 0 Å². The Hall–Kier alpha value is -2.78. The quantitative estimate of drug-likeness (QED) is 0.705. The molecule has 9 heteroatoms. The van der Waals surface area contributed by atoms with E-state index in [-0.39, 0.29) is 24.3 Å². The topological polar surface area (TPSA) is 70.2 Å². The zero-order valence-electron chi connectivity index (χ0n) is 18.1. The highest BCUT2D eigenvalue weighted by Gasteiger charge is 2.54. The Labute approximate surface area is 190 Å². The van der Waals surface area contributed by atoms with Gasteiger partial charge in [-0.05, 0) is 42.6 Å². The smallest absolute Gasteiger partial charge is 0.263 e. The van der Waals surface area contributed by atoms with E-state index in [0.29, 0.717) is 42.9 Å². The van der Waals surface area contributed by atoms with Crippen LogP contribution in [0.1, 0.15) is 39.8 Å². The average Bonchev–Trinajstić information content (AvgIpc) is 3.47. The van der Waals surface area contributed by atoms with Crippen LogP contribution in [0.25, 0.3) is 0 Å². The molecule has 0 saturated carbocycles. The highest BCUT2D eigenvalue weighted by Crippen LogP contribution is 2.39. The van der Waals surface area contributed by atoms with Crippen molar-refractivity contribution in [2.45, 2.75) is 31.5 Å². The number of benzene rings is 1. The van der Waals surface area contributed by atoms with Crippen molar-refractivity contribution in [2.75, 3.05) is 33.3 Å². The van der Waals surface area contributed by atoms with Gasteiger partial charge >= 0.3 is 0 Å². The van der Waals surface area contributed by atoms with Gasteiger partial charge in [0.05, 0.1) is 11.5 Å². The van der Waals surface area contributed by atoms with Crippen LogP contribution < -0.4 is 0 Å². The number of ether oxygens (including phenoxy) is 1. The standard InChI is InChI=1S/C23H26FN3O4S/c1-3-25(2)21(29)18-15-31-23(27(18)20(28)16-6-8-17(24)9-7-16)10-12-26(13-11-23)22(30)19-5-4-14-32-19/h4-9,14,18H,3,10-13,15H2,1-2H3. The molecule has 3 heterocycles. The van der Waals surface area contributed by atoms with Gasteiger partial charge in [-0.25, -0.2) is 4.39 Å². The van der Waals surface area contributed by atoms with E-state index in [4.69, 9.17) is 4.74 Å². The van der Waals surface area contributed by atoms with E-state index in [2.05, 4.69) is 0 Å². The second-order valence-electron chi connectivity index (χ2n) is 8.08. The van der Waals surface area contributed by atoms with Gasteiger partial charge in [-0.1, -0.05) is 6.07 Å². The maximum atomic E-state index is 13.5. The summed E-state index contributed by atoms with van der Waals surface area (Å²) in [4.78, 5) is 44.9. The Kier molecular flexibility index (Phi) is 6.30. The van der Waals surface area contributed by atoms with Crippen molar-refractivity contribution in [3.05, 3.63) is 58.0 Å². The van der Waals surface area contributed by atoms with Crippen LogP contribution in [0, 0.1) is 5.82 Å². The number of hydrogen-bond donors (Lipinski definition) is 0. The number of nitrogens with zero attached hydrogens (tertiary/aromatic N) is 3. The summed E-state index contributed by atoms with van der Waals surface area (Å²) in [6.45, 7) is 3.28. The summed E-state index contributed by atoms with van der Waals surface area (Å²) in [7, 11) is 1.69. The fourth-order valence-corrected chi connectivity index (χ4v) is 5.00. The summed E-state index contributed by atoms with van der Waals surface area (Å²) in [6.07, 6.45) is 0.799. The lowest BCUT2D eigenvalue weighted by atomic mass is 9.96. The molecule has 1 aromatic carbocycles. The molecule has 1 atom stereocenters. The zero-order valence-corrected chi connectivity index (χ0v) is 18.9. The summed E-state index contributed by atoms with van der Waals surface area (Å²) >= 11 is 1.39. The molecule has 7 nitrogen and oxygen atoms in total. The first kappa shape index (κ1) is 22.4. The second kappa shape index (κ2) is 8.99. The zero-order chi connectivity index (χ0) is 22.9. The Morgan fingerprint density at radius 2 is 1.84 bits per heavy atom. The Bertz CT molecular complexity index is 987. The molecule has 3 amide bonds. The molecule has 4 rings (SSSR count). The van der Waals surface area contributed by atoms with Crippen LogP contribution in [0.5, 0.6) is 0 Å². The molecule has 170 valence electrons. The van der Waals surface area contributed by atoms with Crippen molar-refractivity contribution in [1.29, 1.82) is 0 Å². The van der Waals surface area contributed by atoms with Crippen LogP contribution in [0.2, 0.25) is 0 Å². The Balaban J connectivity index is 1.60. The Morgan fingerprint density at radius 3 is 2.44 bits per heavy atom. The first-order chi connectivity index (χ1) is 15.4. The minimum absolute atomic E-state index is 0.0393. The largest absolute Gasteiger partial charge is 0.353 e. The predicted octanol–water partition coefficient (Wildman–Crippen LogP) is 2.84. The molecule has 0 N–H and O–H groups in total. The van der Waals surface area contributed by atoms with Gasteiger partial charge in [0, 0.05) is 45.1 Å². The molecular formula is C23H26FN3O4S. The van der Waals surface area contributed by atoms with Gasteiger partial charge in [-0.3, -0.25) is 19.3 Å². The van der Waals surface area contributed by atoms with Gasteiger partial charge in [0.1, 0.15) is 17.6 Å². The van der Waals surface area contributed by atoms with Crippen molar-refractivity contribution in [3.8, 4) is 0 Å². The number of likely N-dealkylation sites (N-methyl/N-ethyl adjacent to an activating group) is 1. The summed E-state index contributed by atoms with van der Waals surface area (Å²) in [5.74, 6) is -1.05. The fourth-order valence-electron chi connectivity index (χ4n) is 4.31. The highest BCUT2D eigenvalue weighted by molar-refractivity contribution is 7.12. The van der Waals surface area contributed by atoms with Crippen LogP contribution in [0.3, 0.4) is 0 Å². The van der Waals surface area contributed by atoms with Crippen LogP contribution in [0.4, 0.5) is 4.39 Å². The third-order valence-electron chi connectivity index (χ3n) is 6.27. The van der Waals surface area contributed by atoms with E-state index >= 15 is 0 Å². The summed E-state index contributed by atoms with van der Waals surface area (Å²) in [5, 5.41) is 1.86. The monoisotopic (exact) mass is 459 g/mol. The lowest BCUT2D eigenvalue weighted by Crippen LogP contribution is -2.59.